The van der Waals surface area contributed by atoms with Crippen molar-refractivity contribution in [1.82, 2.24) is 14.7 Å². The third kappa shape index (κ3) is 2.82. The maximum absolute atomic E-state index is 11.2. The molecular weight excluding hydrogens is 190 g/mol. The normalized spacial score (nSPS) is 14.3. The van der Waals surface area contributed by atoms with Crippen molar-refractivity contribution in [2.75, 3.05) is 5.75 Å². The van der Waals surface area contributed by atoms with Gasteiger partial charge in [0.05, 0.1) is 11.8 Å². The zero-order valence-corrected chi connectivity index (χ0v) is 8.43. The minimum atomic E-state index is -3.15. The van der Waals surface area contributed by atoms with Crippen molar-refractivity contribution in [3.8, 4) is 0 Å². The number of sulfonamides is 1. The third-order valence-electron chi connectivity index (χ3n) is 1.67. The van der Waals surface area contributed by atoms with Crippen LogP contribution in [0.1, 0.15) is 25.7 Å². The van der Waals surface area contributed by atoms with Gasteiger partial charge in [-0.3, -0.25) is 0 Å². The molecule has 0 amide bonds. The zero-order valence-electron chi connectivity index (χ0n) is 7.61. The summed E-state index contributed by atoms with van der Waals surface area (Å²) >= 11 is 0. The van der Waals surface area contributed by atoms with E-state index in [0.29, 0.717) is 5.82 Å². The molecule has 13 heavy (non-hydrogen) atoms. The van der Waals surface area contributed by atoms with E-state index in [1.165, 1.54) is 0 Å². The van der Waals surface area contributed by atoms with E-state index in [4.69, 9.17) is 0 Å². The fourth-order valence-corrected chi connectivity index (χ4v) is 1.74. The summed E-state index contributed by atoms with van der Waals surface area (Å²) in [5, 5.41) is 0. The summed E-state index contributed by atoms with van der Waals surface area (Å²) in [5.41, 5.74) is 0. The highest BCUT2D eigenvalue weighted by Crippen LogP contribution is 2.06. The SMILES string of the molecule is CCS(=O)(=O)NC(C)c1ncc[nH]1. The molecule has 1 atom stereocenters. The Bertz CT molecular complexity index is 344. The van der Waals surface area contributed by atoms with Gasteiger partial charge in [-0.15, -0.1) is 0 Å². The van der Waals surface area contributed by atoms with Crippen LogP contribution in [0.5, 0.6) is 0 Å². The highest BCUT2D eigenvalue weighted by atomic mass is 32.2. The zero-order chi connectivity index (χ0) is 9.90. The van der Waals surface area contributed by atoms with Gasteiger partial charge in [0.2, 0.25) is 10.0 Å². The monoisotopic (exact) mass is 203 g/mol. The molecule has 0 radical (unpaired) electrons. The molecule has 1 aromatic rings. The number of H-pyrrole nitrogens is 1. The van der Waals surface area contributed by atoms with Crippen molar-refractivity contribution in [3.63, 3.8) is 0 Å². The molecule has 0 bridgehead atoms. The first-order valence-corrected chi connectivity index (χ1v) is 5.69. The van der Waals surface area contributed by atoms with Gasteiger partial charge in [-0.05, 0) is 13.8 Å². The molecule has 0 fully saturated rings. The lowest BCUT2D eigenvalue weighted by molar-refractivity contribution is 0.562. The lowest BCUT2D eigenvalue weighted by Gasteiger charge is -2.10. The van der Waals surface area contributed by atoms with Crippen LogP contribution < -0.4 is 4.72 Å². The first-order valence-electron chi connectivity index (χ1n) is 4.04. The summed E-state index contributed by atoms with van der Waals surface area (Å²) in [6.07, 6.45) is 3.25. The van der Waals surface area contributed by atoms with Gasteiger partial charge in [-0.2, -0.15) is 0 Å². The standard InChI is InChI=1S/C7H13N3O2S/c1-3-13(11,12)10-6(2)7-8-4-5-9-7/h4-6,10H,3H2,1-2H3,(H,8,9). The maximum Gasteiger partial charge on any atom is 0.211 e. The second-order valence-electron chi connectivity index (χ2n) is 2.72. The number of hydrogen-bond acceptors (Lipinski definition) is 3. The molecular formula is C7H13N3O2S. The highest BCUT2D eigenvalue weighted by Gasteiger charge is 2.14. The van der Waals surface area contributed by atoms with E-state index in [1.54, 1.807) is 26.2 Å². The summed E-state index contributed by atoms with van der Waals surface area (Å²) in [6, 6.07) is -0.306. The average molecular weight is 203 g/mol. The molecule has 0 aliphatic heterocycles. The van der Waals surface area contributed by atoms with Crippen LogP contribution >= 0.6 is 0 Å². The van der Waals surface area contributed by atoms with Gasteiger partial charge in [0, 0.05) is 12.4 Å². The number of hydrogen-bond donors (Lipinski definition) is 2. The Morgan fingerprint density at radius 3 is 2.85 bits per heavy atom. The Balaban J connectivity index is 2.67. The van der Waals surface area contributed by atoms with Crippen LogP contribution in [-0.4, -0.2) is 24.1 Å². The van der Waals surface area contributed by atoms with Gasteiger partial charge < -0.3 is 4.98 Å². The first kappa shape index (κ1) is 10.2. The Hall–Kier alpha value is -0.880. The number of nitrogens with one attached hydrogen (secondary N) is 2. The number of aromatic nitrogens is 2. The van der Waals surface area contributed by atoms with Gasteiger partial charge in [0.15, 0.2) is 0 Å². The van der Waals surface area contributed by atoms with E-state index in [9.17, 15) is 8.42 Å². The molecule has 1 aromatic heterocycles. The number of imidazole rings is 1. The van der Waals surface area contributed by atoms with Crippen LogP contribution in [0.4, 0.5) is 0 Å². The van der Waals surface area contributed by atoms with Crippen LogP contribution in [-0.2, 0) is 10.0 Å². The molecule has 0 aliphatic carbocycles. The lowest BCUT2D eigenvalue weighted by atomic mass is 10.3. The smallest absolute Gasteiger partial charge is 0.211 e. The molecule has 0 aromatic carbocycles. The van der Waals surface area contributed by atoms with Gasteiger partial charge in [-0.25, -0.2) is 18.1 Å². The van der Waals surface area contributed by atoms with Crippen LogP contribution in [0.2, 0.25) is 0 Å². The molecule has 1 unspecified atom stereocenters. The quantitative estimate of drug-likeness (QED) is 0.744. The van der Waals surface area contributed by atoms with Crippen molar-refractivity contribution in [1.29, 1.82) is 0 Å². The van der Waals surface area contributed by atoms with E-state index >= 15 is 0 Å². The maximum atomic E-state index is 11.2. The topological polar surface area (TPSA) is 74.8 Å². The molecule has 0 saturated heterocycles. The van der Waals surface area contributed by atoms with Crippen LogP contribution in [0.25, 0.3) is 0 Å². The predicted molar refractivity (Wildman–Crippen MR) is 49.6 cm³/mol. The molecule has 0 spiro atoms. The number of aromatic amines is 1. The van der Waals surface area contributed by atoms with E-state index in [2.05, 4.69) is 14.7 Å². The fraction of sp³-hybridized carbons (Fsp3) is 0.571. The summed E-state index contributed by atoms with van der Waals surface area (Å²) in [4.78, 5) is 6.80. The van der Waals surface area contributed by atoms with Gasteiger partial charge in [0.25, 0.3) is 0 Å². The van der Waals surface area contributed by atoms with E-state index in [-0.39, 0.29) is 11.8 Å². The average Bonchev–Trinajstić information content (AvgIpc) is 2.55. The Kier molecular flexibility index (Phi) is 3.05. The first-order chi connectivity index (χ1) is 6.05. The fourth-order valence-electron chi connectivity index (χ4n) is 0.923. The third-order valence-corrected chi connectivity index (χ3v) is 3.14. The lowest BCUT2D eigenvalue weighted by Crippen LogP contribution is -2.28. The van der Waals surface area contributed by atoms with Gasteiger partial charge >= 0.3 is 0 Å². The van der Waals surface area contributed by atoms with Crippen LogP contribution in [0.15, 0.2) is 12.4 Å². The van der Waals surface area contributed by atoms with E-state index in [0.717, 1.165) is 0 Å². The van der Waals surface area contributed by atoms with E-state index in [1.807, 2.05) is 0 Å². The van der Waals surface area contributed by atoms with Crippen LogP contribution in [0.3, 0.4) is 0 Å². The van der Waals surface area contributed by atoms with Crippen molar-refractivity contribution < 1.29 is 8.42 Å². The molecule has 2 N–H and O–H groups in total. The number of nitrogens with zero attached hydrogens (tertiary/aromatic N) is 1. The largest absolute Gasteiger partial charge is 0.347 e. The molecule has 1 rings (SSSR count). The second kappa shape index (κ2) is 3.89. The molecule has 6 heteroatoms. The van der Waals surface area contributed by atoms with Crippen LogP contribution in [0, 0.1) is 0 Å². The Morgan fingerprint density at radius 1 is 1.69 bits per heavy atom. The Labute approximate surface area is 77.6 Å². The predicted octanol–water partition coefficient (Wildman–Crippen LogP) is 0.410. The minimum absolute atomic E-state index is 0.0814. The molecule has 1 heterocycles. The number of rotatable bonds is 4. The molecule has 74 valence electrons. The summed E-state index contributed by atoms with van der Waals surface area (Å²) in [6.45, 7) is 3.34. The minimum Gasteiger partial charge on any atom is -0.347 e. The van der Waals surface area contributed by atoms with Crippen molar-refractivity contribution in [2.45, 2.75) is 19.9 Å². The van der Waals surface area contributed by atoms with E-state index < -0.39 is 10.0 Å². The Morgan fingerprint density at radius 2 is 2.38 bits per heavy atom. The van der Waals surface area contributed by atoms with Gasteiger partial charge in [-0.1, -0.05) is 0 Å². The summed E-state index contributed by atoms with van der Waals surface area (Å²) in [5.74, 6) is 0.704. The highest BCUT2D eigenvalue weighted by molar-refractivity contribution is 7.89. The summed E-state index contributed by atoms with van der Waals surface area (Å²) in [7, 11) is -3.15. The molecule has 0 saturated carbocycles. The van der Waals surface area contributed by atoms with Crippen molar-refractivity contribution >= 4 is 10.0 Å². The van der Waals surface area contributed by atoms with Crippen molar-refractivity contribution in [3.05, 3.63) is 18.2 Å². The summed E-state index contributed by atoms with van der Waals surface area (Å²) < 4.78 is 24.8. The van der Waals surface area contributed by atoms with Gasteiger partial charge in [0.1, 0.15) is 5.82 Å². The molecule has 0 aliphatic rings. The second-order valence-corrected chi connectivity index (χ2v) is 4.76. The van der Waals surface area contributed by atoms with Crippen molar-refractivity contribution in [2.24, 2.45) is 0 Å². The molecule has 5 nitrogen and oxygen atoms in total.